The van der Waals surface area contributed by atoms with E-state index in [-0.39, 0.29) is 0 Å². The van der Waals surface area contributed by atoms with Crippen LogP contribution in [0, 0.1) is 0 Å². The van der Waals surface area contributed by atoms with E-state index in [9.17, 15) is 0 Å². The van der Waals surface area contributed by atoms with Gasteiger partial charge in [-0.05, 0) is 24.5 Å². The van der Waals surface area contributed by atoms with Gasteiger partial charge in [0, 0.05) is 4.86 Å². The van der Waals surface area contributed by atoms with Gasteiger partial charge in [0.05, 0.1) is 0 Å². The lowest BCUT2D eigenvalue weighted by atomic mass is 10.0. The Morgan fingerprint density at radius 1 is 1.36 bits per heavy atom. The Morgan fingerprint density at radius 2 is 2.00 bits per heavy atom. The zero-order valence-corrected chi connectivity index (χ0v) is 7.74. The number of rotatable bonds is 2. The van der Waals surface area contributed by atoms with Gasteiger partial charge in [-0.25, -0.2) is 0 Å². The van der Waals surface area contributed by atoms with E-state index in [2.05, 4.69) is 25.1 Å². The topological polar surface area (TPSA) is 0 Å². The molecule has 0 saturated carbocycles. The minimum Gasteiger partial charge on any atom is -0.0846 e. The second kappa shape index (κ2) is 3.63. The van der Waals surface area contributed by atoms with Crippen LogP contribution >= 0.6 is 12.2 Å². The molecule has 0 radical (unpaired) electrons. The van der Waals surface area contributed by atoms with Crippen LogP contribution in [0.15, 0.2) is 24.3 Å². The molecule has 1 rings (SSSR count). The van der Waals surface area contributed by atoms with Crippen molar-refractivity contribution in [1.29, 1.82) is 0 Å². The van der Waals surface area contributed by atoms with Crippen molar-refractivity contribution in [2.75, 3.05) is 0 Å². The van der Waals surface area contributed by atoms with E-state index < -0.39 is 0 Å². The Hall–Kier alpha value is -0.690. The van der Waals surface area contributed by atoms with Crippen LogP contribution in [-0.4, -0.2) is 4.86 Å². The van der Waals surface area contributed by atoms with Gasteiger partial charge in [-0.2, -0.15) is 0 Å². The molecule has 0 heterocycles. The van der Waals surface area contributed by atoms with Crippen LogP contribution in [0.5, 0.6) is 0 Å². The van der Waals surface area contributed by atoms with E-state index in [0.717, 1.165) is 11.3 Å². The number of aryl methyl sites for hydroxylation is 1. The molecule has 58 valence electrons. The third kappa shape index (κ3) is 1.87. The minimum absolute atomic E-state index is 0.988. The van der Waals surface area contributed by atoms with Crippen molar-refractivity contribution in [2.45, 2.75) is 20.3 Å². The number of hydrogen-bond donors (Lipinski definition) is 0. The molecule has 0 aliphatic heterocycles. The molecule has 0 N–H and O–H groups in total. The van der Waals surface area contributed by atoms with Gasteiger partial charge in [0.15, 0.2) is 0 Å². The molecule has 0 bridgehead atoms. The first-order chi connectivity index (χ1) is 5.25. The smallest absolute Gasteiger partial charge is 0.0196 e. The molecule has 0 spiro atoms. The molecule has 11 heavy (non-hydrogen) atoms. The van der Waals surface area contributed by atoms with Crippen LogP contribution in [0.2, 0.25) is 0 Å². The SMILES string of the molecule is CCc1ccccc1C(C)=S. The summed E-state index contributed by atoms with van der Waals surface area (Å²) in [6.45, 7) is 4.13. The summed E-state index contributed by atoms with van der Waals surface area (Å²) in [4.78, 5) is 0.988. The first-order valence-corrected chi connectivity index (χ1v) is 4.25. The molecular weight excluding hydrogens is 152 g/mol. The molecule has 0 aromatic heterocycles. The molecule has 0 unspecified atom stereocenters. The van der Waals surface area contributed by atoms with Crippen molar-refractivity contribution < 1.29 is 0 Å². The van der Waals surface area contributed by atoms with Gasteiger partial charge in [0.25, 0.3) is 0 Å². The average molecular weight is 164 g/mol. The summed E-state index contributed by atoms with van der Waals surface area (Å²) in [5.74, 6) is 0. The summed E-state index contributed by atoms with van der Waals surface area (Å²) in [6.07, 6.45) is 1.06. The second-order valence-corrected chi connectivity index (χ2v) is 3.18. The monoisotopic (exact) mass is 164 g/mol. The van der Waals surface area contributed by atoms with E-state index in [0.29, 0.717) is 0 Å². The Balaban J connectivity index is 3.12. The van der Waals surface area contributed by atoms with Crippen molar-refractivity contribution in [2.24, 2.45) is 0 Å². The van der Waals surface area contributed by atoms with Crippen LogP contribution in [0.3, 0.4) is 0 Å². The first-order valence-electron chi connectivity index (χ1n) is 3.84. The van der Waals surface area contributed by atoms with Crippen molar-refractivity contribution >= 4 is 17.1 Å². The average Bonchev–Trinajstić information content (AvgIpc) is 2.04. The van der Waals surface area contributed by atoms with E-state index in [4.69, 9.17) is 12.2 Å². The molecular formula is C10H12S. The van der Waals surface area contributed by atoms with E-state index >= 15 is 0 Å². The Morgan fingerprint density at radius 3 is 2.45 bits per heavy atom. The van der Waals surface area contributed by atoms with Crippen LogP contribution in [-0.2, 0) is 6.42 Å². The third-order valence-corrected chi connectivity index (χ3v) is 2.00. The van der Waals surface area contributed by atoms with Gasteiger partial charge >= 0.3 is 0 Å². The summed E-state index contributed by atoms with van der Waals surface area (Å²) >= 11 is 5.12. The van der Waals surface area contributed by atoms with Crippen LogP contribution in [0.1, 0.15) is 25.0 Å². The maximum absolute atomic E-state index is 5.12. The van der Waals surface area contributed by atoms with Crippen molar-refractivity contribution in [3.05, 3.63) is 35.4 Å². The van der Waals surface area contributed by atoms with Gasteiger partial charge in [0.1, 0.15) is 0 Å². The van der Waals surface area contributed by atoms with Crippen molar-refractivity contribution in [3.63, 3.8) is 0 Å². The highest BCUT2D eigenvalue weighted by Crippen LogP contribution is 2.10. The Kier molecular flexibility index (Phi) is 2.77. The largest absolute Gasteiger partial charge is 0.0846 e. The zero-order valence-electron chi connectivity index (χ0n) is 6.92. The normalized spacial score (nSPS) is 9.64. The molecule has 1 aromatic rings. The van der Waals surface area contributed by atoms with E-state index in [1.54, 1.807) is 0 Å². The van der Waals surface area contributed by atoms with Gasteiger partial charge in [-0.15, -0.1) is 0 Å². The van der Waals surface area contributed by atoms with Gasteiger partial charge in [0.2, 0.25) is 0 Å². The molecule has 0 aliphatic carbocycles. The molecule has 0 fully saturated rings. The number of hydrogen-bond acceptors (Lipinski definition) is 1. The summed E-state index contributed by atoms with van der Waals surface area (Å²) in [5.41, 5.74) is 2.57. The predicted molar refractivity (Wildman–Crippen MR) is 53.2 cm³/mol. The lowest BCUT2D eigenvalue weighted by Crippen LogP contribution is -1.95. The molecule has 0 atom stereocenters. The molecule has 0 amide bonds. The molecule has 0 nitrogen and oxygen atoms in total. The second-order valence-electron chi connectivity index (χ2n) is 2.57. The minimum atomic E-state index is 0.988. The zero-order chi connectivity index (χ0) is 8.27. The maximum Gasteiger partial charge on any atom is 0.0196 e. The lowest BCUT2D eigenvalue weighted by Gasteiger charge is -2.03. The predicted octanol–water partition coefficient (Wildman–Crippen LogP) is 2.99. The third-order valence-electron chi connectivity index (χ3n) is 1.78. The fourth-order valence-electron chi connectivity index (χ4n) is 1.17. The van der Waals surface area contributed by atoms with Crippen molar-refractivity contribution in [3.8, 4) is 0 Å². The Bertz CT molecular complexity index is 263. The summed E-state index contributed by atoms with van der Waals surface area (Å²) in [6, 6.07) is 8.30. The van der Waals surface area contributed by atoms with E-state index in [1.165, 1.54) is 11.1 Å². The first kappa shape index (κ1) is 8.41. The highest BCUT2D eigenvalue weighted by Gasteiger charge is 1.99. The van der Waals surface area contributed by atoms with Gasteiger partial charge in [-0.3, -0.25) is 0 Å². The highest BCUT2D eigenvalue weighted by molar-refractivity contribution is 7.80. The standard InChI is InChI=1S/C10H12S/c1-3-9-6-4-5-7-10(9)8(2)11/h4-7H,3H2,1-2H3. The van der Waals surface area contributed by atoms with Crippen LogP contribution in [0.25, 0.3) is 0 Å². The molecule has 0 saturated heterocycles. The van der Waals surface area contributed by atoms with Crippen LogP contribution < -0.4 is 0 Å². The quantitative estimate of drug-likeness (QED) is 0.478. The van der Waals surface area contributed by atoms with Gasteiger partial charge < -0.3 is 0 Å². The van der Waals surface area contributed by atoms with Crippen LogP contribution in [0.4, 0.5) is 0 Å². The van der Waals surface area contributed by atoms with E-state index in [1.807, 2.05) is 13.0 Å². The fourth-order valence-corrected chi connectivity index (χ4v) is 1.37. The summed E-state index contributed by atoms with van der Waals surface area (Å²) in [7, 11) is 0. The number of benzene rings is 1. The fraction of sp³-hybridized carbons (Fsp3) is 0.300. The van der Waals surface area contributed by atoms with Gasteiger partial charge in [-0.1, -0.05) is 43.4 Å². The Labute approximate surface area is 73.2 Å². The summed E-state index contributed by atoms with van der Waals surface area (Å²) < 4.78 is 0. The highest BCUT2D eigenvalue weighted by atomic mass is 32.1. The number of thiocarbonyl (C=S) groups is 1. The summed E-state index contributed by atoms with van der Waals surface area (Å²) in [5, 5.41) is 0. The lowest BCUT2D eigenvalue weighted by molar-refractivity contribution is 1.13. The molecule has 1 heteroatoms. The maximum atomic E-state index is 5.12. The molecule has 1 aromatic carbocycles. The van der Waals surface area contributed by atoms with Crippen molar-refractivity contribution in [1.82, 2.24) is 0 Å². The molecule has 0 aliphatic rings.